The molecule has 0 aliphatic carbocycles. The van der Waals surface area contributed by atoms with E-state index in [1.54, 1.807) is 12.3 Å². The van der Waals surface area contributed by atoms with Crippen molar-refractivity contribution in [1.82, 2.24) is 19.7 Å². The van der Waals surface area contributed by atoms with Crippen LogP contribution in [0.15, 0.2) is 48.7 Å². The molecule has 1 unspecified atom stereocenters. The number of aromatic nitrogens is 4. The lowest BCUT2D eigenvalue weighted by molar-refractivity contribution is 0.439. The predicted molar refractivity (Wildman–Crippen MR) is 121 cm³/mol. The zero-order chi connectivity index (χ0) is 20.8. The molecule has 0 fully saturated rings. The summed E-state index contributed by atoms with van der Waals surface area (Å²) in [5, 5.41) is 6.55. The molecule has 9 heteroatoms. The molecule has 5 rings (SSSR count). The number of fused-ring (bicyclic) bond motifs is 2. The van der Waals surface area contributed by atoms with E-state index in [4.69, 9.17) is 34.7 Å². The summed E-state index contributed by atoms with van der Waals surface area (Å²) < 4.78 is 1.90. The molecule has 3 heterocycles. The summed E-state index contributed by atoms with van der Waals surface area (Å²) in [6.45, 7) is 1.39. The van der Waals surface area contributed by atoms with Gasteiger partial charge in [0.2, 0.25) is 5.95 Å². The molecule has 0 saturated carbocycles. The molecular weight excluding hydrogens is 421 g/mol. The zero-order valence-corrected chi connectivity index (χ0v) is 17.5. The largest absolute Gasteiger partial charge is 0.383 e. The average Bonchev–Trinajstić information content (AvgIpc) is 3.14. The molecule has 1 aliphatic rings. The molecule has 152 valence electrons. The van der Waals surface area contributed by atoms with Gasteiger partial charge in [0.15, 0.2) is 5.65 Å². The minimum Gasteiger partial charge on any atom is -0.383 e. The van der Waals surface area contributed by atoms with E-state index in [2.05, 4.69) is 32.1 Å². The number of nitrogen functional groups attached to an aromatic ring is 2. The van der Waals surface area contributed by atoms with Gasteiger partial charge in [-0.25, -0.2) is 4.68 Å². The van der Waals surface area contributed by atoms with Crippen molar-refractivity contribution < 1.29 is 0 Å². The Labute approximate surface area is 183 Å². The normalized spacial score (nSPS) is 16.1. The Morgan fingerprint density at radius 1 is 1.07 bits per heavy atom. The third kappa shape index (κ3) is 3.30. The molecule has 1 aliphatic heterocycles. The lowest BCUT2D eigenvalue weighted by Crippen LogP contribution is -2.36. The van der Waals surface area contributed by atoms with Gasteiger partial charge in [-0.3, -0.25) is 0 Å². The molecule has 2 aromatic carbocycles. The Balaban J connectivity index is 1.55. The fourth-order valence-corrected chi connectivity index (χ4v) is 4.53. The Kier molecular flexibility index (Phi) is 4.64. The van der Waals surface area contributed by atoms with Gasteiger partial charge in [0.1, 0.15) is 5.82 Å². The first-order valence-electron chi connectivity index (χ1n) is 9.52. The second kappa shape index (κ2) is 7.34. The lowest BCUT2D eigenvalue weighted by atomic mass is 9.97. The molecule has 0 radical (unpaired) electrons. The quantitative estimate of drug-likeness (QED) is 0.498. The van der Waals surface area contributed by atoms with Crippen LogP contribution in [0.3, 0.4) is 0 Å². The summed E-state index contributed by atoms with van der Waals surface area (Å²) in [6.07, 6.45) is 2.52. The highest BCUT2D eigenvalue weighted by Crippen LogP contribution is 2.35. The molecule has 0 saturated heterocycles. The first kappa shape index (κ1) is 19.0. The standard InChI is InChI=1S/C21H19Cl2N7/c22-14-6-5-13(17(23)8-14)10-29-11-15(7-12-3-1-2-4-18(12)29)30-20-16(9-26-30)19(24)27-21(25)28-20/h1-6,8-9,15H,7,10-11H2,(H4,24,25,27,28). The minimum absolute atomic E-state index is 0.0529. The number of nitrogens with two attached hydrogens (primary N) is 2. The van der Waals surface area contributed by atoms with Crippen LogP contribution in [-0.4, -0.2) is 26.3 Å². The predicted octanol–water partition coefficient (Wildman–Crippen LogP) is 4.10. The lowest BCUT2D eigenvalue weighted by Gasteiger charge is -2.36. The fraction of sp³-hybridized carbons (Fsp3) is 0.190. The van der Waals surface area contributed by atoms with Crippen molar-refractivity contribution in [2.24, 2.45) is 0 Å². The van der Waals surface area contributed by atoms with E-state index < -0.39 is 0 Å². The van der Waals surface area contributed by atoms with Crippen LogP contribution in [0.5, 0.6) is 0 Å². The van der Waals surface area contributed by atoms with Gasteiger partial charge in [-0.1, -0.05) is 47.5 Å². The monoisotopic (exact) mass is 439 g/mol. The molecule has 30 heavy (non-hydrogen) atoms. The highest BCUT2D eigenvalue weighted by atomic mass is 35.5. The van der Waals surface area contributed by atoms with Crippen molar-refractivity contribution in [3.05, 3.63) is 69.8 Å². The van der Waals surface area contributed by atoms with Gasteiger partial charge >= 0.3 is 0 Å². The first-order valence-corrected chi connectivity index (χ1v) is 10.3. The van der Waals surface area contributed by atoms with E-state index in [-0.39, 0.29) is 12.0 Å². The van der Waals surface area contributed by atoms with Crippen LogP contribution in [0.25, 0.3) is 11.0 Å². The molecule has 1 atom stereocenters. The van der Waals surface area contributed by atoms with Crippen LogP contribution in [0.4, 0.5) is 17.5 Å². The van der Waals surface area contributed by atoms with Crippen LogP contribution in [0.1, 0.15) is 17.2 Å². The summed E-state index contributed by atoms with van der Waals surface area (Å²) in [5.74, 6) is 0.479. The highest BCUT2D eigenvalue weighted by molar-refractivity contribution is 6.35. The topological polar surface area (TPSA) is 98.9 Å². The molecule has 0 amide bonds. The maximum absolute atomic E-state index is 6.45. The van der Waals surface area contributed by atoms with Gasteiger partial charge in [-0.15, -0.1) is 0 Å². The number of halogens is 2. The number of hydrogen-bond acceptors (Lipinski definition) is 6. The number of hydrogen-bond donors (Lipinski definition) is 2. The van der Waals surface area contributed by atoms with Gasteiger partial charge in [0.05, 0.1) is 17.6 Å². The minimum atomic E-state index is 0.0529. The summed E-state index contributed by atoms with van der Waals surface area (Å²) in [4.78, 5) is 10.7. The summed E-state index contributed by atoms with van der Waals surface area (Å²) >= 11 is 12.5. The van der Waals surface area contributed by atoms with Crippen molar-refractivity contribution in [2.45, 2.75) is 19.0 Å². The molecule has 0 bridgehead atoms. The summed E-state index contributed by atoms with van der Waals surface area (Å²) in [7, 11) is 0. The Bertz CT molecular complexity index is 1250. The SMILES string of the molecule is Nc1nc(N)c2cnn(C3Cc4ccccc4N(Cc4ccc(Cl)cc4Cl)C3)c2n1. The number of rotatable bonds is 3. The number of anilines is 3. The summed E-state index contributed by atoms with van der Waals surface area (Å²) in [6, 6.07) is 14.0. The van der Waals surface area contributed by atoms with E-state index in [1.165, 1.54) is 11.3 Å². The van der Waals surface area contributed by atoms with Crippen LogP contribution >= 0.6 is 23.2 Å². The van der Waals surface area contributed by atoms with E-state index >= 15 is 0 Å². The highest BCUT2D eigenvalue weighted by Gasteiger charge is 2.28. The van der Waals surface area contributed by atoms with Crippen LogP contribution in [0, 0.1) is 0 Å². The third-order valence-electron chi connectivity index (χ3n) is 5.44. The van der Waals surface area contributed by atoms with E-state index in [0.717, 1.165) is 18.5 Å². The number of benzene rings is 2. The number of para-hydroxylation sites is 1. The van der Waals surface area contributed by atoms with E-state index in [9.17, 15) is 0 Å². The Morgan fingerprint density at radius 2 is 1.90 bits per heavy atom. The summed E-state index contributed by atoms with van der Waals surface area (Å²) in [5.41, 5.74) is 15.9. The second-order valence-corrected chi connectivity index (χ2v) is 8.24. The fourth-order valence-electron chi connectivity index (χ4n) is 4.06. The maximum Gasteiger partial charge on any atom is 0.224 e. The van der Waals surface area contributed by atoms with Crippen molar-refractivity contribution >= 4 is 51.7 Å². The Hall–Kier alpha value is -3.03. The van der Waals surface area contributed by atoms with Gasteiger partial charge in [0, 0.05) is 28.8 Å². The molecule has 4 N–H and O–H groups in total. The molecule has 4 aromatic rings. The molecule has 2 aromatic heterocycles. The second-order valence-electron chi connectivity index (χ2n) is 7.40. The molecule has 0 spiro atoms. The van der Waals surface area contributed by atoms with Gasteiger partial charge in [0.25, 0.3) is 0 Å². The van der Waals surface area contributed by atoms with E-state index in [0.29, 0.717) is 33.4 Å². The van der Waals surface area contributed by atoms with E-state index in [1.807, 2.05) is 28.9 Å². The zero-order valence-electron chi connectivity index (χ0n) is 16.0. The average molecular weight is 440 g/mol. The van der Waals surface area contributed by atoms with Crippen molar-refractivity contribution in [2.75, 3.05) is 22.9 Å². The van der Waals surface area contributed by atoms with Gasteiger partial charge in [-0.05, 0) is 35.7 Å². The smallest absolute Gasteiger partial charge is 0.224 e. The van der Waals surface area contributed by atoms with Gasteiger partial charge in [-0.2, -0.15) is 15.1 Å². The first-order chi connectivity index (χ1) is 14.5. The molecule has 7 nitrogen and oxygen atoms in total. The van der Waals surface area contributed by atoms with Gasteiger partial charge < -0.3 is 16.4 Å². The van der Waals surface area contributed by atoms with Crippen LogP contribution in [0.2, 0.25) is 10.0 Å². The number of nitrogens with zero attached hydrogens (tertiary/aromatic N) is 5. The third-order valence-corrected chi connectivity index (χ3v) is 6.03. The van der Waals surface area contributed by atoms with Crippen LogP contribution in [-0.2, 0) is 13.0 Å². The van der Waals surface area contributed by atoms with Crippen LogP contribution < -0.4 is 16.4 Å². The van der Waals surface area contributed by atoms with Crippen molar-refractivity contribution in [1.29, 1.82) is 0 Å². The van der Waals surface area contributed by atoms with Crippen molar-refractivity contribution in [3.63, 3.8) is 0 Å². The van der Waals surface area contributed by atoms with Crippen molar-refractivity contribution in [3.8, 4) is 0 Å². The maximum atomic E-state index is 6.45. The Morgan fingerprint density at radius 3 is 2.73 bits per heavy atom. The molecular formula is C21H19Cl2N7.